The smallest absolute Gasteiger partial charge is 0.252 e. The summed E-state index contributed by atoms with van der Waals surface area (Å²) in [7, 11) is 0. The minimum atomic E-state index is -0.420. The number of nitrogens with zero attached hydrogens (tertiary/aromatic N) is 6. The van der Waals surface area contributed by atoms with Crippen LogP contribution in [0.1, 0.15) is 184 Å². The zero-order valence-electron chi connectivity index (χ0n) is 83.2. The minimum Gasteiger partial charge on any atom is -0.310 e. The Morgan fingerprint density at radius 1 is 0.175 bits per heavy atom. The normalized spacial score (nSPS) is 13.4. The molecule has 4 aromatic heterocycles. The van der Waals surface area contributed by atoms with Crippen LogP contribution in [0.15, 0.2) is 352 Å². The van der Waals surface area contributed by atoms with Crippen molar-refractivity contribution in [1.82, 2.24) is 18.3 Å². The number of hydrogen-bond donors (Lipinski definition) is 0. The number of para-hydroxylation sites is 6. The lowest BCUT2D eigenvalue weighted by molar-refractivity contribution is 0.589. The highest BCUT2D eigenvalue weighted by atomic mass is 15.2. The zero-order valence-corrected chi connectivity index (χ0v) is 83.2. The van der Waals surface area contributed by atoms with E-state index in [-0.39, 0.29) is 39.2 Å². The Labute approximate surface area is 808 Å². The van der Waals surface area contributed by atoms with Crippen molar-refractivity contribution in [3.8, 4) is 67.3 Å². The summed E-state index contributed by atoms with van der Waals surface area (Å²) in [6, 6.07) is 138. The molecule has 0 aliphatic carbocycles. The summed E-state index contributed by atoms with van der Waals surface area (Å²) in [4.78, 5) is 5.61. The Morgan fingerprint density at radius 2 is 0.416 bits per heavy atom. The molecule has 0 atom stereocenters. The number of hydrogen-bond acceptors (Lipinski definition) is 2. The first-order valence-corrected chi connectivity index (χ1v) is 49.3. The lowest BCUT2D eigenvalue weighted by Gasteiger charge is -2.47. The predicted octanol–water partition coefficient (Wildman–Crippen LogP) is 33.9. The van der Waals surface area contributed by atoms with Gasteiger partial charge in [-0.05, 0) is 249 Å². The molecule has 6 heterocycles. The molecule has 0 saturated heterocycles. The van der Waals surface area contributed by atoms with Gasteiger partial charge in [-0.25, -0.2) is 0 Å². The van der Waals surface area contributed by atoms with E-state index in [1.807, 2.05) is 0 Å². The van der Waals surface area contributed by atoms with Crippen LogP contribution in [-0.4, -0.2) is 25.0 Å². The highest BCUT2D eigenvalue weighted by Gasteiger charge is 2.47. The molecule has 2 aliphatic rings. The van der Waals surface area contributed by atoms with E-state index >= 15 is 0 Å². The van der Waals surface area contributed by atoms with Gasteiger partial charge in [-0.1, -0.05) is 364 Å². The molecule has 137 heavy (non-hydrogen) atoms. The number of fused-ring (bicyclic) bond motifs is 16. The van der Waals surface area contributed by atoms with Gasteiger partial charge in [0, 0.05) is 111 Å². The maximum atomic E-state index is 2.81. The van der Waals surface area contributed by atoms with Crippen molar-refractivity contribution in [2.75, 3.05) is 9.80 Å². The second-order valence-electron chi connectivity index (χ2n) is 46.3. The molecule has 7 heteroatoms. The maximum absolute atomic E-state index is 2.81. The number of anilines is 6. The van der Waals surface area contributed by atoms with E-state index in [4.69, 9.17) is 0 Å². The van der Waals surface area contributed by atoms with E-state index < -0.39 is 5.41 Å². The van der Waals surface area contributed by atoms with Gasteiger partial charge in [0.05, 0.1) is 55.5 Å². The third-order valence-electron chi connectivity index (χ3n) is 30.0. The zero-order chi connectivity index (χ0) is 95.0. The van der Waals surface area contributed by atoms with Gasteiger partial charge in [0.15, 0.2) is 0 Å². The second kappa shape index (κ2) is 31.1. The van der Waals surface area contributed by atoms with Crippen LogP contribution in [-0.2, 0) is 37.9 Å². The molecule has 0 saturated carbocycles. The summed E-state index contributed by atoms with van der Waals surface area (Å²) in [6.45, 7) is 49.4. The summed E-state index contributed by atoms with van der Waals surface area (Å²) in [5, 5.41) is 9.71. The van der Waals surface area contributed by atoms with Crippen molar-refractivity contribution in [3.63, 3.8) is 0 Å². The van der Waals surface area contributed by atoms with Crippen molar-refractivity contribution < 1.29 is 0 Å². The van der Waals surface area contributed by atoms with Crippen LogP contribution in [0.3, 0.4) is 0 Å². The van der Waals surface area contributed by atoms with Gasteiger partial charge >= 0.3 is 0 Å². The Bertz CT molecular complexity index is 7850. The molecule has 0 fully saturated rings. The average molecular weight is 1780 g/mol. The largest absolute Gasteiger partial charge is 0.310 e. The summed E-state index contributed by atoms with van der Waals surface area (Å²) < 4.78 is 10.1. The van der Waals surface area contributed by atoms with Crippen LogP contribution in [0, 0.1) is 0 Å². The van der Waals surface area contributed by atoms with Crippen LogP contribution < -0.4 is 26.2 Å². The molecule has 0 N–H and O–H groups in total. The first-order valence-electron chi connectivity index (χ1n) is 49.3. The second-order valence-corrected chi connectivity index (χ2v) is 46.3. The summed E-state index contributed by atoms with van der Waals surface area (Å²) in [6.07, 6.45) is 0. The minimum absolute atomic E-state index is 0.0996. The molecule has 674 valence electrons. The average Bonchev–Trinajstić information content (AvgIpc) is 1.06. The molecule has 0 radical (unpaired) electrons. The fourth-order valence-corrected chi connectivity index (χ4v) is 22.4. The lowest BCUT2D eigenvalue weighted by Crippen LogP contribution is -2.61. The third-order valence-corrected chi connectivity index (χ3v) is 30.0. The van der Waals surface area contributed by atoms with Crippen LogP contribution >= 0.6 is 0 Å². The van der Waals surface area contributed by atoms with Crippen LogP contribution in [0.4, 0.5) is 34.1 Å². The SMILES string of the molecule is CC(C)(C)c1ccc(-c2cc(C(C)(C)C)cc(-c3ccc(C(C)(C)C)cc3)c2N2c3cc(-n4c5ccccc5c5cc6c7ccccc7n(-c7ccccc7)c6cc54)ccc3B3c4ccc(-n5c6ccccc6c6cc7c8ccccc8n(-c8ccccc8)c7cc65)cc4N(c4c(-c5ccc(C(C)(C)C)cc5)cc(C(C)(C)C)cc4-c4ccc(C(C)(C)C)cc4)c4cc(C(C)(C)C)cc2c43)cc1. The molecule has 0 unspecified atom stereocenters. The van der Waals surface area contributed by atoms with Gasteiger partial charge in [0.2, 0.25) is 0 Å². The van der Waals surface area contributed by atoms with Crippen molar-refractivity contribution in [2.24, 2.45) is 0 Å². The molecular weight excluding hydrogens is 1660 g/mol. The number of rotatable bonds is 10. The summed E-state index contributed by atoms with van der Waals surface area (Å²) in [5.41, 5.74) is 40.8. The molecule has 6 nitrogen and oxygen atoms in total. The van der Waals surface area contributed by atoms with Gasteiger partial charge in [-0.3, -0.25) is 0 Å². The van der Waals surface area contributed by atoms with Crippen molar-refractivity contribution >= 4 is 144 Å². The van der Waals surface area contributed by atoms with Gasteiger partial charge in [-0.15, -0.1) is 0 Å². The molecular formula is C130H121BN6. The first kappa shape index (κ1) is 86.7. The quantitative estimate of drug-likeness (QED) is 0.128. The van der Waals surface area contributed by atoms with Crippen LogP contribution in [0.5, 0.6) is 0 Å². The van der Waals surface area contributed by atoms with Gasteiger partial charge in [0.25, 0.3) is 6.71 Å². The Balaban J connectivity index is 0.901. The Morgan fingerprint density at radius 3 is 0.679 bits per heavy atom. The highest BCUT2D eigenvalue weighted by Crippen LogP contribution is 2.57. The number of benzene rings is 17. The molecule has 23 rings (SSSR count). The van der Waals surface area contributed by atoms with E-state index in [1.54, 1.807) is 0 Å². The van der Waals surface area contributed by atoms with Crippen LogP contribution in [0.25, 0.3) is 154 Å². The van der Waals surface area contributed by atoms with Crippen LogP contribution in [0.2, 0.25) is 0 Å². The standard InChI is InChI=1S/C130H121BN6/c1-124(2,3)84-56-48-80(49-57-84)99-68-88(128(13,14)15)69-100(81-50-58-85(59-51-81)125(4,5)6)122(99)136-117-74-93(134-111-46-34-30-42-97(111)105-76-103-95-40-28-32-44-109(95)132(113(103)78-115(105)134)91-36-24-22-25-37-91)64-66-107(117)131-108-67-65-94(135-112-47-35-31-43-98(112)106-77-104-96-41-29-33-45-110(96)133(114(104)79-116(106)135)92-38-26-23-27-39-92)75-118(108)137(120-73-90(130(19,20)21)72-119(136)121(120)131)123-101(82-52-60-86(61-53-82)126(7,8)9)70-89(129(16,17)18)71-102(123)83-54-62-87(63-55-83)127(10,11)12/h22-79H,1-21H3. The molecule has 0 bridgehead atoms. The topological polar surface area (TPSA) is 26.2 Å². The van der Waals surface area contributed by atoms with Gasteiger partial charge < -0.3 is 28.1 Å². The third kappa shape index (κ3) is 14.2. The summed E-state index contributed by atoms with van der Waals surface area (Å²) >= 11 is 0. The van der Waals surface area contributed by atoms with E-state index in [9.17, 15) is 0 Å². The molecule has 0 spiro atoms. The maximum Gasteiger partial charge on any atom is 0.252 e. The van der Waals surface area contributed by atoms with E-state index in [0.717, 1.165) is 134 Å². The molecule has 17 aromatic carbocycles. The lowest BCUT2D eigenvalue weighted by atomic mass is 9.33. The van der Waals surface area contributed by atoms with Crippen molar-refractivity contribution in [1.29, 1.82) is 0 Å². The van der Waals surface area contributed by atoms with Crippen molar-refractivity contribution in [2.45, 2.75) is 183 Å². The number of aromatic nitrogens is 4. The Hall–Kier alpha value is -14.4. The van der Waals surface area contributed by atoms with Crippen molar-refractivity contribution in [3.05, 3.63) is 391 Å². The first-order chi connectivity index (χ1) is 65.4. The predicted molar refractivity (Wildman–Crippen MR) is 590 cm³/mol. The summed E-state index contributed by atoms with van der Waals surface area (Å²) in [5.74, 6) is 0. The molecule has 21 aromatic rings. The molecule has 0 amide bonds. The van der Waals surface area contributed by atoms with E-state index in [0.29, 0.717) is 0 Å². The van der Waals surface area contributed by atoms with E-state index in [2.05, 4.69) is 525 Å². The fourth-order valence-electron chi connectivity index (χ4n) is 22.4. The van der Waals surface area contributed by atoms with E-state index in [1.165, 1.54) is 109 Å². The van der Waals surface area contributed by atoms with Gasteiger partial charge in [0.1, 0.15) is 0 Å². The fraction of sp³-hybridized carbons (Fsp3) is 0.215. The molecule has 2 aliphatic heterocycles. The monoisotopic (exact) mass is 1780 g/mol. The Kier molecular flexibility index (Phi) is 19.7. The van der Waals surface area contributed by atoms with Gasteiger partial charge in [-0.2, -0.15) is 0 Å². The highest BCUT2D eigenvalue weighted by molar-refractivity contribution is 7.00.